The van der Waals surface area contributed by atoms with Crippen LogP contribution in [0.2, 0.25) is 0 Å². The second-order valence-electron chi connectivity index (χ2n) is 18.6. The second kappa shape index (κ2) is 17.8. The molecular weight excluding hydrogens is 769 g/mol. The van der Waals surface area contributed by atoms with E-state index in [-0.39, 0.29) is 77.2 Å². The molecule has 2 amide bonds. The third-order valence-corrected chi connectivity index (χ3v) is 16.1. The van der Waals surface area contributed by atoms with Crippen molar-refractivity contribution in [1.29, 1.82) is 0 Å². The Morgan fingerprint density at radius 1 is 0.949 bits per heavy atom. The Morgan fingerprint density at radius 2 is 1.69 bits per heavy atom. The number of hydrogen-bond acceptors (Lipinski definition) is 9. The van der Waals surface area contributed by atoms with Gasteiger partial charge in [0.25, 0.3) is 16.0 Å². The third kappa shape index (κ3) is 9.05. The van der Waals surface area contributed by atoms with Gasteiger partial charge in [0, 0.05) is 31.4 Å². The van der Waals surface area contributed by atoms with Gasteiger partial charge in [-0.3, -0.25) is 19.1 Å². The van der Waals surface area contributed by atoms with Gasteiger partial charge in [-0.1, -0.05) is 69.3 Å². The number of para-hydroxylation sites is 1. The number of carbonyl (C=O) groups excluding carboxylic acids is 2. The molecule has 0 saturated heterocycles. The van der Waals surface area contributed by atoms with Gasteiger partial charge in [-0.25, -0.2) is 0 Å². The summed E-state index contributed by atoms with van der Waals surface area (Å²) in [6.45, 7) is 9.80. The maximum atomic E-state index is 13.8. The van der Waals surface area contributed by atoms with Crippen LogP contribution in [0.25, 0.3) is 10.9 Å². The average Bonchev–Trinajstić information content (AvgIpc) is 3.56. The summed E-state index contributed by atoms with van der Waals surface area (Å²) in [7, 11) is -4.14. The van der Waals surface area contributed by atoms with Crippen LogP contribution in [-0.2, 0) is 26.2 Å². The van der Waals surface area contributed by atoms with E-state index < -0.39 is 28.1 Å². The number of fused-ring (bicyclic) bond motifs is 6. The molecule has 0 spiro atoms. The lowest BCUT2D eigenvalue weighted by Gasteiger charge is -2.63. The van der Waals surface area contributed by atoms with Crippen molar-refractivity contribution >= 4 is 38.5 Å². The molecule has 11 atom stereocenters. The van der Waals surface area contributed by atoms with Gasteiger partial charge in [0.1, 0.15) is 0 Å². The molecule has 6 N–H and O–H groups in total. The fourth-order valence-corrected chi connectivity index (χ4v) is 12.7. The Morgan fingerprint density at radius 3 is 2.46 bits per heavy atom. The number of aryl methyl sites for hydroxylation is 1. The number of pyridine rings is 1. The molecular formula is C46H64N4O8S. The quantitative estimate of drug-likeness (QED) is 0.0751. The number of nitrogens with zero attached hydrogens (tertiary/aromatic N) is 1. The topological polar surface area (TPSA) is 187 Å². The molecule has 0 bridgehead atoms. The van der Waals surface area contributed by atoms with Crippen LogP contribution in [0.15, 0.2) is 54.6 Å². The highest BCUT2D eigenvalue weighted by Gasteiger charge is 2.65. The molecule has 0 aliphatic heterocycles. The standard InChI is InChI=1S/C46H64N4O8S/c1-28(14-17-40(53)47-21-23-59(55,56)57)34-15-16-35-42-36(26-39(52)46(34,35)4)45(3)19-18-32(24-31(45)25-38(42)51)58-22-20-48-44(54)41-29(2)50-37-13-9-8-12-33(37)43(41)49-27-30-10-6-5-7-11-30/h5-13,28,31-32,34-36,38-39,42,51-52H,14-27H2,1-4H3,(H,47,53)(H,48,54)(H,49,50)(H,55,56,57)/t28-,31?,32+,34-,35?,36?,38-,39+,42?,45+,46-/m1/s1. The predicted molar refractivity (Wildman–Crippen MR) is 228 cm³/mol. The summed E-state index contributed by atoms with van der Waals surface area (Å²) in [6, 6.07) is 18.0. The number of carbonyl (C=O) groups is 2. The number of nitrogens with one attached hydrogen (secondary N) is 3. The van der Waals surface area contributed by atoms with Crippen molar-refractivity contribution in [3.05, 3.63) is 71.4 Å². The number of benzene rings is 2. The van der Waals surface area contributed by atoms with E-state index >= 15 is 0 Å². The van der Waals surface area contributed by atoms with Crippen LogP contribution in [0.1, 0.15) is 100 Å². The Labute approximate surface area is 349 Å². The summed E-state index contributed by atoms with van der Waals surface area (Å²) in [4.78, 5) is 31.0. The van der Waals surface area contributed by atoms with Crippen molar-refractivity contribution in [2.45, 2.75) is 110 Å². The summed E-state index contributed by atoms with van der Waals surface area (Å²) >= 11 is 0. The molecule has 0 radical (unpaired) electrons. The predicted octanol–water partition coefficient (Wildman–Crippen LogP) is 6.29. The van der Waals surface area contributed by atoms with Crippen LogP contribution in [0.5, 0.6) is 0 Å². The second-order valence-corrected chi connectivity index (χ2v) is 20.1. The minimum Gasteiger partial charge on any atom is -0.393 e. The number of rotatable bonds is 15. The molecule has 12 nitrogen and oxygen atoms in total. The van der Waals surface area contributed by atoms with E-state index in [1.165, 1.54) is 0 Å². The number of hydrogen-bond donors (Lipinski definition) is 6. The molecule has 59 heavy (non-hydrogen) atoms. The molecule has 4 unspecified atom stereocenters. The SMILES string of the molecule is Cc1nc2ccccc2c(NCc2ccccc2)c1C(=O)NCCO[C@H]1CC[C@@]2(C)C(C1)C[C@@H](O)C1C2C[C@H](O)[C@@]2(C)C1CC[C@@H]2[C@H](C)CCC(=O)NCCS(=O)(=O)O. The van der Waals surface area contributed by atoms with E-state index in [9.17, 15) is 28.2 Å². The van der Waals surface area contributed by atoms with Crippen LogP contribution in [0.3, 0.4) is 0 Å². The highest BCUT2D eigenvalue weighted by molar-refractivity contribution is 7.85. The van der Waals surface area contributed by atoms with E-state index in [4.69, 9.17) is 14.3 Å². The molecule has 4 saturated carbocycles. The largest absolute Gasteiger partial charge is 0.393 e. The Kier molecular flexibility index (Phi) is 13.1. The lowest BCUT2D eigenvalue weighted by atomic mass is 9.43. The maximum Gasteiger partial charge on any atom is 0.266 e. The summed E-state index contributed by atoms with van der Waals surface area (Å²) in [5, 5.41) is 34.1. The van der Waals surface area contributed by atoms with Crippen molar-refractivity contribution in [2.24, 2.45) is 46.3 Å². The van der Waals surface area contributed by atoms with Gasteiger partial charge in [0.05, 0.1) is 53.1 Å². The van der Waals surface area contributed by atoms with Gasteiger partial charge in [-0.2, -0.15) is 8.42 Å². The van der Waals surface area contributed by atoms with Gasteiger partial charge in [0.2, 0.25) is 5.91 Å². The van der Waals surface area contributed by atoms with Crippen molar-refractivity contribution < 1.29 is 37.5 Å². The van der Waals surface area contributed by atoms with E-state index in [0.29, 0.717) is 50.2 Å². The van der Waals surface area contributed by atoms with Crippen LogP contribution >= 0.6 is 0 Å². The molecule has 2 aromatic carbocycles. The fraction of sp³-hybridized carbons (Fsp3) is 0.630. The van der Waals surface area contributed by atoms with Crippen LogP contribution in [0.4, 0.5) is 5.69 Å². The van der Waals surface area contributed by atoms with Crippen LogP contribution in [0, 0.1) is 53.3 Å². The summed E-state index contributed by atoms with van der Waals surface area (Å²) in [6.07, 6.45) is 5.88. The van der Waals surface area contributed by atoms with E-state index in [2.05, 4.69) is 48.9 Å². The van der Waals surface area contributed by atoms with Gasteiger partial charge in [0.15, 0.2) is 0 Å². The Bertz CT molecular complexity index is 2090. The maximum absolute atomic E-state index is 13.8. The van der Waals surface area contributed by atoms with Gasteiger partial charge in [-0.15, -0.1) is 0 Å². The zero-order chi connectivity index (χ0) is 42.1. The molecule has 322 valence electrons. The summed E-state index contributed by atoms with van der Waals surface area (Å²) in [5.41, 5.74) is 3.52. The summed E-state index contributed by atoms with van der Waals surface area (Å²) in [5.74, 6) is 0.188. The van der Waals surface area contributed by atoms with Crippen molar-refractivity contribution in [3.63, 3.8) is 0 Å². The minimum atomic E-state index is -4.14. The molecule has 4 fully saturated rings. The number of aliphatic hydroxyl groups excluding tert-OH is 2. The fourth-order valence-electron chi connectivity index (χ4n) is 12.3. The number of anilines is 1. The van der Waals surface area contributed by atoms with Crippen molar-refractivity contribution in [3.8, 4) is 0 Å². The smallest absolute Gasteiger partial charge is 0.266 e. The highest BCUT2D eigenvalue weighted by atomic mass is 32.2. The lowest BCUT2D eigenvalue weighted by Crippen LogP contribution is -2.62. The molecule has 13 heteroatoms. The van der Waals surface area contributed by atoms with Crippen molar-refractivity contribution in [1.82, 2.24) is 15.6 Å². The molecule has 4 aliphatic carbocycles. The summed E-state index contributed by atoms with van der Waals surface area (Å²) < 4.78 is 37.5. The molecule has 3 aromatic rings. The zero-order valence-electron chi connectivity index (χ0n) is 35.0. The first-order chi connectivity index (χ1) is 28.1. The number of aromatic nitrogens is 1. The van der Waals surface area contributed by atoms with Gasteiger partial charge < -0.3 is 30.9 Å². The third-order valence-electron chi connectivity index (χ3n) is 15.4. The molecule has 1 heterocycles. The van der Waals surface area contributed by atoms with Crippen LogP contribution < -0.4 is 16.0 Å². The van der Waals surface area contributed by atoms with E-state index in [0.717, 1.165) is 54.3 Å². The number of amides is 2. The lowest BCUT2D eigenvalue weighted by molar-refractivity contribution is -0.209. The highest BCUT2D eigenvalue weighted by Crippen LogP contribution is 2.68. The zero-order valence-corrected chi connectivity index (χ0v) is 35.8. The number of aliphatic hydroxyl groups is 2. The molecule has 7 rings (SSSR count). The van der Waals surface area contributed by atoms with Gasteiger partial charge in [-0.05, 0) is 116 Å². The minimum absolute atomic E-state index is 0.0200. The first-order valence-corrected chi connectivity index (χ1v) is 23.4. The van der Waals surface area contributed by atoms with Gasteiger partial charge >= 0.3 is 0 Å². The Hall–Kier alpha value is -3.62. The first kappa shape index (κ1) is 43.5. The van der Waals surface area contributed by atoms with Crippen molar-refractivity contribution in [2.75, 3.05) is 30.8 Å². The molecule has 1 aromatic heterocycles. The monoisotopic (exact) mass is 832 g/mol. The normalized spacial score (nSPS) is 32.1. The van der Waals surface area contributed by atoms with E-state index in [1.807, 2.05) is 49.4 Å². The van der Waals surface area contributed by atoms with Crippen LogP contribution in [-0.4, -0.2) is 83.7 Å². The first-order valence-electron chi connectivity index (χ1n) is 21.7. The van der Waals surface area contributed by atoms with E-state index in [1.54, 1.807) is 0 Å². The number of ether oxygens (including phenoxy) is 1. The average molecular weight is 833 g/mol. The molecule has 4 aliphatic rings. The Balaban J connectivity index is 0.934.